The highest BCUT2D eigenvalue weighted by Gasteiger charge is 2.34. The van der Waals surface area contributed by atoms with Crippen molar-refractivity contribution < 1.29 is 8.42 Å². The summed E-state index contributed by atoms with van der Waals surface area (Å²) in [5, 5.41) is 0. The number of sulfonamides is 1. The van der Waals surface area contributed by atoms with Crippen molar-refractivity contribution in [2.24, 2.45) is 18.7 Å². The highest BCUT2D eigenvalue weighted by Crippen LogP contribution is 2.30. The molecule has 1 aliphatic rings. The van der Waals surface area contributed by atoms with Gasteiger partial charge in [0.1, 0.15) is 4.90 Å². The number of hydrogen-bond acceptors (Lipinski definition) is 3. The number of nitrogens with zero attached hydrogens (tertiary/aromatic N) is 2. The standard InChI is InChI=1S/C15H27N3O2S/c1-12(2)10-18(13-6-4-5-7-13)21(19,20)15-8-14(9-16)17(3)11-15/h8,11-13H,4-7,9-10,16H2,1-3H3. The second-order valence-corrected chi connectivity index (χ2v) is 8.28. The first-order chi connectivity index (χ1) is 9.86. The second-order valence-electron chi connectivity index (χ2n) is 6.39. The molecular weight excluding hydrogens is 286 g/mol. The smallest absolute Gasteiger partial charge is 0.244 e. The summed E-state index contributed by atoms with van der Waals surface area (Å²) in [6, 6.07) is 1.86. The number of hydrogen-bond donors (Lipinski definition) is 1. The van der Waals surface area contributed by atoms with E-state index < -0.39 is 10.0 Å². The van der Waals surface area contributed by atoms with Gasteiger partial charge in [0.05, 0.1) is 0 Å². The van der Waals surface area contributed by atoms with Gasteiger partial charge in [-0.2, -0.15) is 4.31 Å². The van der Waals surface area contributed by atoms with Crippen LogP contribution in [-0.4, -0.2) is 29.9 Å². The first-order valence-electron chi connectivity index (χ1n) is 7.73. The number of aromatic nitrogens is 1. The third kappa shape index (κ3) is 3.49. The molecule has 1 aromatic rings. The highest BCUT2D eigenvalue weighted by atomic mass is 32.2. The zero-order valence-electron chi connectivity index (χ0n) is 13.2. The van der Waals surface area contributed by atoms with Gasteiger partial charge in [0, 0.05) is 38.1 Å². The first-order valence-corrected chi connectivity index (χ1v) is 9.17. The van der Waals surface area contributed by atoms with Gasteiger partial charge < -0.3 is 10.3 Å². The predicted molar refractivity (Wildman–Crippen MR) is 84.3 cm³/mol. The second kappa shape index (κ2) is 6.50. The maximum Gasteiger partial charge on any atom is 0.244 e. The minimum absolute atomic E-state index is 0.152. The Hall–Kier alpha value is -0.850. The summed E-state index contributed by atoms with van der Waals surface area (Å²) in [5.74, 6) is 0.318. The van der Waals surface area contributed by atoms with Gasteiger partial charge >= 0.3 is 0 Å². The lowest BCUT2D eigenvalue weighted by atomic mass is 10.2. The monoisotopic (exact) mass is 313 g/mol. The predicted octanol–water partition coefficient (Wildman–Crippen LogP) is 2.07. The number of aryl methyl sites for hydroxylation is 1. The van der Waals surface area contributed by atoms with Gasteiger partial charge in [-0.1, -0.05) is 26.7 Å². The topological polar surface area (TPSA) is 68.3 Å². The zero-order chi connectivity index (χ0) is 15.6. The van der Waals surface area contributed by atoms with Crippen molar-refractivity contribution >= 4 is 10.0 Å². The Labute approximate surface area is 128 Å². The van der Waals surface area contributed by atoms with E-state index in [-0.39, 0.29) is 6.04 Å². The van der Waals surface area contributed by atoms with Crippen LogP contribution >= 0.6 is 0 Å². The maximum atomic E-state index is 13.0. The average molecular weight is 313 g/mol. The zero-order valence-corrected chi connectivity index (χ0v) is 14.1. The van der Waals surface area contributed by atoms with Crippen LogP contribution in [-0.2, 0) is 23.6 Å². The Morgan fingerprint density at radius 2 is 2.00 bits per heavy atom. The average Bonchev–Trinajstić information content (AvgIpc) is 3.04. The van der Waals surface area contributed by atoms with Crippen molar-refractivity contribution in [3.8, 4) is 0 Å². The van der Waals surface area contributed by atoms with Crippen LogP contribution in [0.2, 0.25) is 0 Å². The van der Waals surface area contributed by atoms with Gasteiger partial charge in [-0.15, -0.1) is 0 Å². The molecule has 0 atom stereocenters. The third-order valence-corrected chi connectivity index (χ3v) is 6.06. The molecule has 21 heavy (non-hydrogen) atoms. The molecule has 0 bridgehead atoms. The molecule has 6 heteroatoms. The first kappa shape index (κ1) is 16.5. The van der Waals surface area contributed by atoms with Gasteiger partial charge in [0.25, 0.3) is 0 Å². The van der Waals surface area contributed by atoms with Crippen LogP contribution in [0.15, 0.2) is 17.2 Å². The van der Waals surface area contributed by atoms with E-state index in [0.29, 0.717) is 23.9 Å². The normalized spacial score (nSPS) is 17.2. The Bertz CT molecular complexity index is 572. The SMILES string of the molecule is CC(C)CN(C1CCCC1)S(=O)(=O)c1cc(CN)n(C)c1. The molecule has 0 radical (unpaired) electrons. The van der Waals surface area contributed by atoms with Crippen molar-refractivity contribution in [1.29, 1.82) is 0 Å². The molecule has 2 rings (SSSR count). The summed E-state index contributed by atoms with van der Waals surface area (Å²) >= 11 is 0. The maximum absolute atomic E-state index is 13.0. The largest absolute Gasteiger partial charge is 0.352 e. The lowest BCUT2D eigenvalue weighted by Gasteiger charge is -2.29. The minimum Gasteiger partial charge on any atom is -0.352 e. The molecule has 2 N–H and O–H groups in total. The van der Waals surface area contributed by atoms with Gasteiger partial charge in [0.15, 0.2) is 0 Å². The number of nitrogens with two attached hydrogens (primary N) is 1. The Morgan fingerprint density at radius 3 is 2.48 bits per heavy atom. The quantitative estimate of drug-likeness (QED) is 0.874. The van der Waals surface area contributed by atoms with Crippen molar-refractivity contribution in [2.75, 3.05) is 6.54 Å². The molecule has 1 saturated carbocycles. The van der Waals surface area contributed by atoms with Crippen molar-refractivity contribution in [3.63, 3.8) is 0 Å². The fourth-order valence-corrected chi connectivity index (χ4v) is 5.00. The van der Waals surface area contributed by atoms with Crippen LogP contribution < -0.4 is 5.73 Å². The summed E-state index contributed by atoms with van der Waals surface area (Å²) in [6.07, 6.45) is 5.88. The molecule has 0 aliphatic heterocycles. The summed E-state index contributed by atoms with van der Waals surface area (Å²) in [5.41, 5.74) is 6.49. The lowest BCUT2D eigenvalue weighted by Crippen LogP contribution is -2.41. The molecule has 0 amide bonds. The Balaban J connectivity index is 2.35. The lowest BCUT2D eigenvalue weighted by molar-refractivity contribution is 0.292. The highest BCUT2D eigenvalue weighted by molar-refractivity contribution is 7.89. The van der Waals surface area contributed by atoms with Crippen LogP contribution in [0.25, 0.3) is 0 Å². The van der Waals surface area contributed by atoms with Gasteiger partial charge in [0.2, 0.25) is 10.0 Å². The molecule has 0 unspecified atom stereocenters. The fourth-order valence-electron chi connectivity index (χ4n) is 3.05. The molecule has 1 aromatic heterocycles. The summed E-state index contributed by atoms with van der Waals surface area (Å²) in [4.78, 5) is 0.373. The molecule has 1 fully saturated rings. The van der Waals surface area contributed by atoms with Gasteiger partial charge in [-0.25, -0.2) is 8.42 Å². The van der Waals surface area contributed by atoms with Gasteiger partial charge in [-0.3, -0.25) is 0 Å². The Morgan fingerprint density at radius 1 is 1.38 bits per heavy atom. The Kier molecular flexibility index (Phi) is 5.11. The molecule has 0 saturated heterocycles. The molecule has 0 aromatic carbocycles. The van der Waals surface area contributed by atoms with E-state index >= 15 is 0 Å². The van der Waals surface area contributed by atoms with Crippen molar-refractivity contribution in [2.45, 2.75) is 57.0 Å². The van der Waals surface area contributed by atoms with E-state index in [9.17, 15) is 8.42 Å². The molecule has 1 aliphatic carbocycles. The summed E-state index contributed by atoms with van der Waals surface area (Å²) < 4.78 is 29.5. The molecule has 0 spiro atoms. The van der Waals surface area contributed by atoms with E-state index in [0.717, 1.165) is 31.4 Å². The minimum atomic E-state index is -3.43. The summed E-state index contributed by atoms with van der Waals surface area (Å²) in [6.45, 7) is 5.06. The van der Waals surface area contributed by atoms with Crippen LogP contribution in [0, 0.1) is 5.92 Å². The van der Waals surface area contributed by atoms with Crippen LogP contribution in [0.5, 0.6) is 0 Å². The van der Waals surface area contributed by atoms with Crippen LogP contribution in [0.3, 0.4) is 0 Å². The number of rotatable bonds is 6. The molecule has 1 heterocycles. The van der Waals surface area contributed by atoms with E-state index in [4.69, 9.17) is 5.73 Å². The molecular formula is C15H27N3O2S. The van der Waals surface area contributed by atoms with E-state index in [1.165, 1.54) is 0 Å². The van der Waals surface area contributed by atoms with E-state index in [1.54, 1.807) is 21.1 Å². The van der Waals surface area contributed by atoms with Crippen LogP contribution in [0.1, 0.15) is 45.2 Å². The summed E-state index contributed by atoms with van der Waals surface area (Å²) in [7, 11) is -1.60. The van der Waals surface area contributed by atoms with E-state index in [2.05, 4.69) is 13.8 Å². The van der Waals surface area contributed by atoms with Gasteiger partial charge in [-0.05, 0) is 24.8 Å². The van der Waals surface area contributed by atoms with Crippen molar-refractivity contribution in [1.82, 2.24) is 8.87 Å². The fraction of sp³-hybridized carbons (Fsp3) is 0.733. The van der Waals surface area contributed by atoms with Crippen LogP contribution in [0.4, 0.5) is 0 Å². The molecule has 5 nitrogen and oxygen atoms in total. The van der Waals surface area contributed by atoms with Crippen molar-refractivity contribution in [3.05, 3.63) is 18.0 Å². The van der Waals surface area contributed by atoms with E-state index in [1.807, 2.05) is 7.05 Å². The molecule has 120 valence electrons. The third-order valence-electron chi connectivity index (χ3n) is 4.18.